The molecule has 0 aliphatic carbocycles. The number of carbonyl (C=O) groups excluding carboxylic acids is 1. The topological polar surface area (TPSA) is 35.5 Å². The van der Waals surface area contributed by atoms with Crippen molar-refractivity contribution >= 4 is 5.97 Å². The Balaban J connectivity index is 2.28. The lowest BCUT2D eigenvalue weighted by molar-refractivity contribution is -0.134. The SMILES string of the molecule is COC(=O)/C=C/[C@@H]1CCCCO1. The Morgan fingerprint density at radius 2 is 2.42 bits per heavy atom. The van der Waals surface area contributed by atoms with Crippen LogP contribution >= 0.6 is 0 Å². The molecular formula is C9H14O3. The molecule has 0 spiro atoms. The van der Waals surface area contributed by atoms with Crippen LogP contribution in [0.1, 0.15) is 19.3 Å². The van der Waals surface area contributed by atoms with Crippen molar-refractivity contribution in [3.8, 4) is 0 Å². The number of ether oxygens (including phenoxy) is 2. The zero-order valence-electron chi connectivity index (χ0n) is 7.29. The van der Waals surface area contributed by atoms with Crippen LogP contribution in [0, 0.1) is 0 Å². The third-order valence-corrected chi connectivity index (χ3v) is 1.86. The van der Waals surface area contributed by atoms with Crippen LogP contribution in [0.15, 0.2) is 12.2 Å². The Morgan fingerprint density at radius 1 is 1.58 bits per heavy atom. The quantitative estimate of drug-likeness (QED) is 0.462. The Kier molecular flexibility index (Phi) is 3.80. The minimum absolute atomic E-state index is 0.109. The summed E-state index contributed by atoms with van der Waals surface area (Å²) in [5, 5.41) is 0. The van der Waals surface area contributed by atoms with Gasteiger partial charge in [0.05, 0.1) is 13.2 Å². The molecule has 1 aliphatic heterocycles. The van der Waals surface area contributed by atoms with E-state index in [9.17, 15) is 4.79 Å². The van der Waals surface area contributed by atoms with Gasteiger partial charge in [-0.2, -0.15) is 0 Å². The molecule has 1 rings (SSSR count). The van der Waals surface area contributed by atoms with Crippen molar-refractivity contribution in [3.63, 3.8) is 0 Å². The maximum atomic E-state index is 10.7. The molecule has 68 valence electrons. The smallest absolute Gasteiger partial charge is 0.330 e. The molecule has 1 atom stereocenters. The first-order valence-electron chi connectivity index (χ1n) is 4.20. The third-order valence-electron chi connectivity index (χ3n) is 1.86. The van der Waals surface area contributed by atoms with Gasteiger partial charge in [-0.1, -0.05) is 0 Å². The van der Waals surface area contributed by atoms with Crippen LogP contribution in [0.4, 0.5) is 0 Å². The summed E-state index contributed by atoms with van der Waals surface area (Å²) in [5.74, 6) is -0.316. The van der Waals surface area contributed by atoms with E-state index in [1.165, 1.54) is 19.6 Å². The molecule has 0 radical (unpaired) electrons. The summed E-state index contributed by atoms with van der Waals surface area (Å²) >= 11 is 0. The second kappa shape index (κ2) is 4.93. The van der Waals surface area contributed by atoms with Gasteiger partial charge in [0.25, 0.3) is 0 Å². The lowest BCUT2D eigenvalue weighted by atomic mass is 10.1. The fourth-order valence-corrected chi connectivity index (χ4v) is 1.17. The van der Waals surface area contributed by atoms with Gasteiger partial charge in [-0.3, -0.25) is 0 Å². The first-order valence-corrected chi connectivity index (χ1v) is 4.20. The summed E-state index contributed by atoms with van der Waals surface area (Å²) in [6, 6.07) is 0. The van der Waals surface area contributed by atoms with Crippen LogP contribution in [-0.2, 0) is 14.3 Å². The first-order chi connectivity index (χ1) is 5.83. The molecule has 0 bridgehead atoms. The summed E-state index contributed by atoms with van der Waals surface area (Å²) in [4.78, 5) is 10.7. The zero-order chi connectivity index (χ0) is 8.81. The lowest BCUT2D eigenvalue weighted by Gasteiger charge is -2.18. The van der Waals surface area contributed by atoms with Crippen molar-refractivity contribution in [2.75, 3.05) is 13.7 Å². The van der Waals surface area contributed by atoms with Crippen molar-refractivity contribution in [2.24, 2.45) is 0 Å². The Morgan fingerprint density at radius 3 is 3.00 bits per heavy atom. The van der Waals surface area contributed by atoms with E-state index in [4.69, 9.17) is 4.74 Å². The molecule has 0 unspecified atom stereocenters. The average Bonchev–Trinajstić information content (AvgIpc) is 2.16. The van der Waals surface area contributed by atoms with Gasteiger partial charge >= 0.3 is 5.97 Å². The summed E-state index contributed by atoms with van der Waals surface area (Å²) < 4.78 is 9.84. The molecule has 1 saturated heterocycles. The van der Waals surface area contributed by atoms with E-state index < -0.39 is 0 Å². The summed E-state index contributed by atoms with van der Waals surface area (Å²) in [6.07, 6.45) is 6.62. The normalized spacial score (nSPS) is 24.2. The number of esters is 1. The number of methoxy groups -OCH3 is 1. The summed E-state index contributed by atoms with van der Waals surface area (Å²) in [6.45, 7) is 0.802. The minimum Gasteiger partial charge on any atom is -0.466 e. The molecule has 0 amide bonds. The number of carbonyl (C=O) groups is 1. The van der Waals surface area contributed by atoms with Crippen LogP contribution in [0.5, 0.6) is 0 Å². The predicted octanol–water partition coefficient (Wildman–Crippen LogP) is 1.28. The minimum atomic E-state index is -0.316. The van der Waals surface area contributed by atoms with Crippen LogP contribution in [0.3, 0.4) is 0 Å². The molecule has 1 aliphatic rings. The predicted molar refractivity (Wildman–Crippen MR) is 44.7 cm³/mol. The van der Waals surface area contributed by atoms with Crippen LogP contribution in [-0.4, -0.2) is 25.8 Å². The second-order valence-corrected chi connectivity index (χ2v) is 2.79. The van der Waals surface area contributed by atoms with Crippen LogP contribution < -0.4 is 0 Å². The molecule has 0 N–H and O–H groups in total. The van der Waals surface area contributed by atoms with E-state index >= 15 is 0 Å². The zero-order valence-corrected chi connectivity index (χ0v) is 7.29. The molecule has 1 fully saturated rings. The van der Waals surface area contributed by atoms with Crippen molar-refractivity contribution < 1.29 is 14.3 Å². The Labute approximate surface area is 72.4 Å². The molecule has 12 heavy (non-hydrogen) atoms. The number of rotatable bonds is 2. The van der Waals surface area contributed by atoms with Crippen molar-refractivity contribution in [2.45, 2.75) is 25.4 Å². The van der Waals surface area contributed by atoms with Gasteiger partial charge in [0.15, 0.2) is 0 Å². The van der Waals surface area contributed by atoms with Crippen LogP contribution in [0.25, 0.3) is 0 Å². The first kappa shape index (κ1) is 9.26. The average molecular weight is 170 g/mol. The fraction of sp³-hybridized carbons (Fsp3) is 0.667. The monoisotopic (exact) mass is 170 g/mol. The van der Waals surface area contributed by atoms with E-state index in [1.54, 1.807) is 6.08 Å². The Hall–Kier alpha value is -0.830. The molecule has 1 heterocycles. The highest BCUT2D eigenvalue weighted by Gasteiger charge is 2.10. The summed E-state index contributed by atoms with van der Waals surface area (Å²) in [7, 11) is 1.37. The van der Waals surface area contributed by atoms with Gasteiger partial charge in [-0.25, -0.2) is 4.79 Å². The highest BCUT2D eigenvalue weighted by Crippen LogP contribution is 2.13. The lowest BCUT2D eigenvalue weighted by Crippen LogP contribution is -2.16. The number of hydrogen-bond acceptors (Lipinski definition) is 3. The highest BCUT2D eigenvalue weighted by molar-refractivity contribution is 5.81. The van der Waals surface area contributed by atoms with Gasteiger partial charge in [-0.15, -0.1) is 0 Å². The maximum Gasteiger partial charge on any atom is 0.330 e. The fourth-order valence-electron chi connectivity index (χ4n) is 1.17. The van der Waals surface area contributed by atoms with Crippen LogP contribution in [0.2, 0.25) is 0 Å². The van der Waals surface area contributed by atoms with E-state index in [1.807, 2.05) is 0 Å². The van der Waals surface area contributed by atoms with Gasteiger partial charge < -0.3 is 9.47 Å². The second-order valence-electron chi connectivity index (χ2n) is 2.79. The molecule has 0 aromatic rings. The van der Waals surface area contributed by atoms with Crippen molar-refractivity contribution in [3.05, 3.63) is 12.2 Å². The Bertz CT molecular complexity index is 169. The van der Waals surface area contributed by atoms with E-state index in [0.717, 1.165) is 19.4 Å². The largest absolute Gasteiger partial charge is 0.466 e. The van der Waals surface area contributed by atoms with Gasteiger partial charge in [0, 0.05) is 12.7 Å². The molecule has 3 nitrogen and oxygen atoms in total. The van der Waals surface area contributed by atoms with E-state index in [0.29, 0.717) is 0 Å². The number of hydrogen-bond donors (Lipinski definition) is 0. The standard InChI is InChI=1S/C9H14O3/c1-11-9(10)6-5-8-4-2-3-7-12-8/h5-6,8H,2-4,7H2,1H3/b6-5+/t8-/m0/s1. The maximum absolute atomic E-state index is 10.7. The highest BCUT2D eigenvalue weighted by atomic mass is 16.5. The molecule has 0 saturated carbocycles. The van der Waals surface area contributed by atoms with Gasteiger partial charge in [0.1, 0.15) is 0 Å². The molecule has 0 aromatic carbocycles. The third kappa shape index (κ3) is 3.05. The van der Waals surface area contributed by atoms with Crippen molar-refractivity contribution in [1.29, 1.82) is 0 Å². The summed E-state index contributed by atoms with van der Waals surface area (Å²) in [5.41, 5.74) is 0. The molecular weight excluding hydrogens is 156 g/mol. The molecule has 3 heteroatoms. The molecule has 0 aromatic heterocycles. The van der Waals surface area contributed by atoms with Crippen molar-refractivity contribution in [1.82, 2.24) is 0 Å². The van der Waals surface area contributed by atoms with Gasteiger partial charge in [-0.05, 0) is 25.3 Å². The van der Waals surface area contributed by atoms with E-state index in [-0.39, 0.29) is 12.1 Å². The van der Waals surface area contributed by atoms with E-state index in [2.05, 4.69) is 4.74 Å². The van der Waals surface area contributed by atoms with Gasteiger partial charge in [0.2, 0.25) is 0 Å².